The molecular formula is C13H14BrN3O. The van der Waals surface area contributed by atoms with E-state index in [1.807, 2.05) is 31.2 Å². The zero-order valence-corrected chi connectivity index (χ0v) is 11.8. The van der Waals surface area contributed by atoms with Crippen LogP contribution in [-0.4, -0.2) is 12.1 Å². The van der Waals surface area contributed by atoms with Gasteiger partial charge in [-0.15, -0.1) is 0 Å². The third-order valence-corrected chi connectivity index (χ3v) is 3.03. The Morgan fingerprint density at radius 2 is 2.06 bits per heavy atom. The van der Waals surface area contributed by atoms with Gasteiger partial charge in [0.1, 0.15) is 5.82 Å². The Hall–Kier alpha value is -1.75. The number of hydrogen-bond acceptors (Lipinski definition) is 4. The minimum absolute atomic E-state index is 0.426. The molecule has 0 aliphatic rings. The molecular weight excluding hydrogens is 294 g/mol. The SMILES string of the molecule is COc1nc(Nc2ccc(Br)cc2C)ccc1N. The summed E-state index contributed by atoms with van der Waals surface area (Å²) in [6.07, 6.45) is 0. The fourth-order valence-electron chi connectivity index (χ4n) is 1.59. The number of aromatic nitrogens is 1. The molecule has 1 aromatic heterocycles. The number of hydrogen-bond donors (Lipinski definition) is 2. The molecule has 4 nitrogen and oxygen atoms in total. The van der Waals surface area contributed by atoms with Gasteiger partial charge in [0.2, 0.25) is 5.88 Å². The zero-order valence-electron chi connectivity index (χ0n) is 10.2. The highest BCUT2D eigenvalue weighted by atomic mass is 79.9. The highest BCUT2D eigenvalue weighted by molar-refractivity contribution is 9.10. The second kappa shape index (κ2) is 5.27. The summed E-state index contributed by atoms with van der Waals surface area (Å²) < 4.78 is 6.14. The fourth-order valence-corrected chi connectivity index (χ4v) is 2.07. The molecule has 0 aliphatic carbocycles. The largest absolute Gasteiger partial charge is 0.479 e. The molecule has 0 saturated carbocycles. The second-order valence-electron chi connectivity index (χ2n) is 3.88. The van der Waals surface area contributed by atoms with Crippen LogP contribution in [0.25, 0.3) is 0 Å². The topological polar surface area (TPSA) is 60.2 Å². The first-order valence-electron chi connectivity index (χ1n) is 5.44. The van der Waals surface area contributed by atoms with E-state index in [2.05, 4.69) is 26.2 Å². The van der Waals surface area contributed by atoms with Gasteiger partial charge in [0, 0.05) is 10.2 Å². The van der Waals surface area contributed by atoms with Gasteiger partial charge in [-0.2, -0.15) is 4.98 Å². The molecule has 5 heteroatoms. The van der Waals surface area contributed by atoms with Gasteiger partial charge in [0.25, 0.3) is 0 Å². The minimum atomic E-state index is 0.426. The van der Waals surface area contributed by atoms with Crippen LogP contribution in [-0.2, 0) is 0 Å². The molecule has 0 atom stereocenters. The smallest absolute Gasteiger partial charge is 0.238 e. The Labute approximate surface area is 114 Å². The van der Waals surface area contributed by atoms with Crippen LogP contribution >= 0.6 is 15.9 Å². The van der Waals surface area contributed by atoms with Crippen molar-refractivity contribution in [1.82, 2.24) is 4.98 Å². The predicted octanol–water partition coefficient (Wildman–Crippen LogP) is 3.49. The first-order chi connectivity index (χ1) is 8.60. The number of aryl methyl sites for hydroxylation is 1. The molecule has 0 amide bonds. The van der Waals surface area contributed by atoms with E-state index in [1.165, 1.54) is 0 Å². The van der Waals surface area contributed by atoms with Gasteiger partial charge in [0.05, 0.1) is 12.8 Å². The molecule has 2 aromatic rings. The quantitative estimate of drug-likeness (QED) is 0.911. The Kier molecular flexibility index (Phi) is 3.72. The summed E-state index contributed by atoms with van der Waals surface area (Å²) in [5.41, 5.74) is 8.37. The summed E-state index contributed by atoms with van der Waals surface area (Å²) in [5.74, 6) is 1.13. The second-order valence-corrected chi connectivity index (χ2v) is 4.79. The Balaban J connectivity index is 2.28. The van der Waals surface area contributed by atoms with Gasteiger partial charge in [-0.05, 0) is 42.8 Å². The number of nitrogen functional groups attached to an aromatic ring is 1. The third-order valence-electron chi connectivity index (χ3n) is 2.53. The van der Waals surface area contributed by atoms with Crippen molar-refractivity contribution in [1.29, 1.82) is 0 Å². The molecule has 1 heterocycles. The van der Waals surface area contributed by atoms with Crippen molar-refractivity contribution in [2.45, 2.75) is 6.92 Å². The summed E-state index contributed by atoms with van der Waals surface area (Å²) in [5, 5.41) is 3.23. The van der Waals surface area contributed by atoms with E-state index in [0.29, 0.717) is 17.4 Å². The van der Waals surface area contributed by atoms with Crippen molar-refractivity contribution in [3.8, 4) is 5.88 Å². The number of nitrogens with one attached hydrogen (secondary N) is 1. The maximum absolute atomic E-state index is 5.72. The molecule has 94 valence electrons. The van der Waals surface area contributed by atoms with Crippen molar-refractivity contribution in [3.05, 3.63) is 40.4 Å². The van der Waals surface area contributed by atoms with E-state index >= 15 is 0 Å². The molecule has 1 aromatic carbocycles. The molecule has 0 unspecified atom stereocenters. The predicted molar refractivity (Wildman–Crippen MR) is 77.4 cm³/mol. The van der Waals surface area contributed by atoms with Crippen LogP contribution in [0.3, 0.4) is 0 Å². The Morgan fingerprint density at radius 3 is 2.72 bits per heavy atom. The minimum Gasteiger partial charge on any atom is -0.479 e. The van der Waals surface area contributed by atoms with Crippen molar-refractivity contribution < 1.29 is 4.74 Å². The van der Waals surface area contributed by atoms with E-state index in [1.54, 1.807) is 13.2 Å². The standard InChI is InChI=1S/C13H14BrN3O/c1-8-7-9(14)3-5-11(8)16-12-6-4-10(15)13(17-12)18-2/h3-7H,15H2,1-2H3,(H,16,17). The number of ether oxygens (including phenoxy) is 1. The first kappa shape index (κ1) is 12.7. The summed E-state index contributed by atoms with van der Waals surface area (Å²) in [4.78, 5) is 4.28. The third kappa shape index (κ3) is 2.73. The van der Waals surface area contributed by atoms with Crippen LogP contribution in [0.2, 0.25) is 0 Å². The monoisotopic (exact) mass is 307 g/mol. The summed E-state index contributed by atoms with van der Waals surface area (Å²) in [6, 6.07) is 9.59. The number of nitrogens with two attached hydrogens (primary N) is 1. The van der Waals surface area contributed by atoms with E-state index in [0.717, 1.165) is 15.7 Å². The first-order valence-corrected chi connectivity index (χ1v) is 6.23. The number of methoxy groups -OCH3 is 1. The van der Waals surface area contributed by atoms with E-state index < -0.39 is 0 Å². The maximum Gasteiger partial charge on any atom is 0.238 e. The summed E-state index contributed by atoms with van der Waals surface area (Å²) in [6.45, 7) is 2.03. The molecule has 0 saturated heterocycles. The average molecular weight is 308 g/mol. The molecule has 0 bridgehead atoms. The van der Waals surface area contributed by atoms with Crippen molar-refractivity contribution >= 4 is 33.1 Å². The Morgan fingerprint density at radius 1 is 1.28 bits per heavy atom. The number of anilines is 3. The number of pyridine rings is 1. The lowest BCUT2D eigenvalue weighted by molar-refractivity contribution is 0.401. The molecule has 0 aliphatic heterocycles. The lowest BCUT2D eigenvalue weighted by atomic mass is 10.2. The van der Waals surface area contributed by atoms with Crippen LogP contribution in [0.5, 0.6) is 5.88 Å². The normalized spacial score (nSPS) is 10.2. The highest BCUT2D eigenvalue weighted by Crippen LogP contribution is 2.25. The lowest BCUT2D eigenvalue weighted by Crippen LogP contribution is -2.00. The lowest BCUT2D eigenvalue weighted by Gasteiger charge is -2.11. The van der Waals surface area contributed by atoms with Crippen molar-refractivity contribution in [2.24, 2.45) is 0 Å². The average Bonchev–Trinajstić information content (AvgIpc) is 2.35. The molecule has 0 fully saturated rings. The van der Waals surface area contributed by atoms with Crippen LogP contribution in [0.4, 0.5) is 17.2 Å². The van der Waals surface area contributed by atoms with Gasteiger partial charge in [-0.25, -0.2) is 0 Å². The van der Waals surface area contributed by atoms with Gasteiger partial charge >= 0.3 is 0 Å². The van der Waals surface area contributed by atoms with Crippen molar-refractivity contribution in [3.63, 3.8) is 0 Å². The molecule has 0 radical (unpaired) electrons. The van der Waals surface area contributed by atoms with Gasteiger partial charge in [0.15, 0.2) is 0 Å². The number of benzene rings is 1. The van der Waals surface area contributed by atoms with Gasteiger partial charge in [-0.1, -0.05) is 15.9 Å². The van der Waals surface area contributed by atoms with E-state index in [4.69, 9.17) is 10.5 Å². The van der Waals surface area contributed by atoms with Crippen LogP contribution in [0.15, 0.2) is 34.8 Å². The molecule has 2 rings (SSSR count). The van der Waals surface area contributed by atoms with E-state index in [-0.39, 0.29) is 0 Å². The molecule has 3 N–H and O–H groups in total. The van der Waals surface area contributed by atoms with Crippen LogP contribution in [0, 0.1) is 6.92 Å². The summed E-state index contributed by atoms with van der Waals surface area (Å²) in [7, 11) is 1.55. The van der Waals surface area contributed by atoms with Crippen molar-refractivity contribution in [2.75, 3.05) is 18.2 Å². The maximum atomic E-state index is 5.72. The van der Waals surface area contributed by atoms with Gasteiger partial charge < -0.3 is 15.8 Å². The van der Waals surface area contributed by atoms with E-state index in [9.17, 15) is 0 Å². The fraction of sp³-hybridized carbons (Fsp3) is 0.154. The number of halogens is 1. The molecule has 0 spiro atoms. The van der Waals surface area contributed by atoms with Crippen LogP contribution < -0.4 is 15.8 Å². The van der Waals surface area contributed by atoms with Crippen LogP contribution in [0.1, 0.15) is 5.56 Å². The zero-order chi connectivity index (χ0) is 13.1. The summed E-state index contributed by atoms with van der Waals surface area (Å²) >= 11 is 3.43. The molecule has 18 heavy (non-hydrogen) atoms. The number of rotatable bonds is 3. The highest BCUT2D eigenvalue weighted by Gasteiger charge is 2.04. The number of nitrogens with zero attached hydrogens (tertiary/aromatic N) is 1. The Bertz CT molecular complexity index is 572. The van der Waals surface area contributed by atoms with Gasteiger partial charge in [-0.3, -0.25) is 0 Å².